The Kier molecular flexibility index (Phi) is 5.76. The van der Waals surface area contributed by atoms with Crippen molar-refractivity contribution >= 4 is 11.9 Å². The highest BCUT2D eigenvalue weighted by Gasteiger charge is 2.19. The highest BCUT2D eigenvalue weighted by Crippen LogP contribution is 2.24. The third-order valence-electron chi connectivity index (χ3n) is 4.41. The van der Waals surface area contributed by atoms with Crippen LogP contribution in [0.3, 0.4) is 0 Å². The molecule has 2 aromatic heterocycles. The van der Waals surface area contributed by atoms with Crippen molar-refractivity contribution in [2.75, 3.05) is 11.9 Å². The first-order chi connectivity index (χ1) is 13.1. The standard InChI is InChI=1S/C21H23N5O/c1-4-23-21-24-12-18(13-25-21)20(27)26-19(17-6-5-9-22-11-17)16-8-7-14(2)15(3)10-16/h5-13,19H,4H2,1-3H3,(H,26,27)(H,23,24,25)/t19-/m1/s1. The lowest BCUT2D eigenvalue weighted by Gasteiger charge is -2.20. The number of hydrogen-bond acceptors (Lipinski definition) is 5. The van der Waals surface area contributed by atoms with Crippen molar-refractivity contribution in [2.24, 2.45) is 0 Å². The van der Waals surface area contributed by atoms with Crippen LogP contribution in [-0.2, 0) is 0 Å². The maximum absolute atomic E-state index is 12.8. The van der Waals surface area contributed by atoms with E-state index in [4.69, 9.17) is 0 Å². The van der Waals surface area contributed by atoms with Crippen LogP contribution in [0.5, 0.6) is 0 Å². The van der Waals surface area contributed by atoms with E-state index in [9.17, 15) is 4.79 Å². The number of anilines is 1. The predicted molar refractivity (Wildman–Crippen MR) is 106 cm³/mol. The molecule has 1 aromatic carbocycles. The van der Waals surface area contributed by atoms with Crippen LogP contribution >= 0.6 is 0 Å². The maximum Gasteiger partial charge on any atom is 0.255 e. The van der Waals surface area contributed by atoms with Gasteiger partial charge in [-0.25, -0.2) is 9.97 Å². The topological polar surface area (TPSA) is 79.8 Å². The first-order valence-electron chi connectivity index (χ1n) is 8.92. The number of pyridine rings is 1. The molecule has 0 saturated carbocycles. The van der Waals surface area contributed by atoms with Crippen molar-refractivity contribution in [3.8, 4) is 0 Å². The molecule has 1 amide bonds. The fourth-order valence-electron chi connectivity index (χ4n) is 2.76. The molecule has 3 rings (SSSR count). The van der Waals surface area contributed by atoms with Crippen molar-refractivity contribution in [1.29, 1.82) is 0 Å². The second-order valence-electron chi connectivity index (χ2n) is 6.36. The minimum absolute atomic E-state index is 0.231. The summed E-state index contributed by atoms with van der Waals surface area (Å²) in [5.74, 6) is 0.275. The van der Waals surface area contributed by atoms with Gasteiger partial charge in [-0.05, 0) is 49.1 Å². The van der Waals surface area contributed by atoms with Gasteiger partial charge in [0.1, 0.15) is 0 Å². The van der Waals surface area contributed by atoms with Crippen molar-refractivity contribution < 1.29 is 4.79 Å². The third-order valence-corrected chi connectivity index (χ3v) is 4.41. The van der Waals surface area contributed by atoms with E-state index < -0.39 is 0 Å². The van der Waals surface area contributed by atoms with Crippen LogP contribution < -0.4 is 10.6 Å². The molecule has 0 aliphatic heterocycles. The van der Waals surface area contributed by atoms with E-state index in [1.165, 1.54) is 23.5 Å². The number of amides is 1. The number of nitrogens with zero attached hydrogens (tertiary/aromatic N) is 3. The molecule has 0 bridgehead atoms. The Morgan fingerprint density at radius 2 is 1.81 bits per heavy atom. The number of carbonyl (C=O) groups excluding carboxylic acids is 1. The molecule has 2 N–H and O–H groups in total. The number of hydrogen-bond donors (Lipinski definition) is 2. The summed E-state index contributed by atoms with van der Waals surface area (Å²) in [6, 6.07) is 9.71. The van der Waals surface area contributed by atoms with Gasteiger partial charge in [-0.1, -0.05) is 24.3 Å². The molecule has 0 aliphatic carbocycles. The van der Waals surface area contributed by atoms with E-state index in [0.717, 1.165) is 17.7 Å². The fraction of sp³-hybridized carbons (Fsp3) is 0.238. The van der Waals surface area contributed by atoms with Gasteiger partial charge in [0.15, 0.2) is 0 Å². The van der Waals surface area contributed by atoms with E-state index >= 15 is 0 Å². The summed E-state index contributed by atoms with van der Waals surface area (Å²) in [6.07, 6.45) is 6.54. The Bertz CT molecular complexity index is 910. The monoisotopic (exact) mass is 361 g/mol. The highest BCUT2D eigenvalue weighted by atomic mass is 16.1. The van der Waals surface area contributed by atoms with Gasteiger partial charge in [-0.2, -0.15) is 0 Å². The van der Waals surface area contributed by atoms with E-state index in [2.05, 4.69) is 51.6 Å². The molecule has 0 aliphatic rings. The van der Waals surface area contributed by atoms with Crippen LogP contribution in [-0.4, -0.2) is 27.4 Å². The summed E-state index contributed by atoms with van der Waals surface area (Å²) in [7, 11) is 0. The molecule has 0 saturated heterocycles. The second-order valence-corrected chi connectivity index (χ2v) is 6.36. The number of aryl methyl sites for hydroxylation is 2. The fourth-order valence-corrected chi connectivity index (χ4v) is 2.76. The molecule has 2 heterocycles. The summed E-state index contributed by atoms with van der Waals surface area (Å²) < 4.78 is 0. The van der Waals surface area contributed by atoms with E-state index in [0.29, 0.717) is 11.5 Å². The Hall–Kier alpha value is -3.28. The summed E-state index contributed by atoms with van der Waals surface area (Å²) in [5, 5.41) is 6.10. The molecule has 0 unspecified atom stereocenters. The van der Waals surface area contributed by atoms with Crippen molar-refractivity contribution in [2.45, 2.75) is 26.8 Å². The summed E-state index contributed by atoms with van der Waals surface area (Å²) in [4.78, 5) is 25.3. The molecular weight excluding hydrogens is 338 g/mol. The normalized spacial score (nSPS) is 11.7. The van der Waals surface area contributed by atoms with E-state index in [1.54, 1.807) is 12.4 Å². The van der Waals surface area contributed by atoms with Gasteiger partial charge >= 0.3 is 0 Å². The first-order valence-corrected chi connectivity index (χ1v) is 8.92. The summed E-state index contributed by atoms with van der Waals surface area (Å²) in [5.41, 5.74) is 4.72. The quantitative estimate of drug-likeness (QED) is 0.703. The molecule has 6 heteroatoms. The van der Waals surface area contributed by atoms with Crippen LogP contribution in [0.4, 0.5) is 5.95 Å². The van der Waals surface area contributed by atoms with Gasteiger partial charge in [0.25, 0.3) is 5.91 Å². The average molecular weight is 361 g/mol. The molecule has 1 atom stereocenters. The van der Waals surface area contributed by atoms with E-state index in [-0.39, 0.29) is 11.9 Å². The first kappa shape index (κ1) is 18.5. The molecule has 138 valence electrons. The molecule has 6 nitrogen and oxygen atoms in total. The third kappa shape index (κ3) is 4.47. The Morgan fingerprint density at radius 1 is 1.04 bits per heavy atom. The van der Waals surface area contributed by atoms with Gasteiger partial charge in [0.2, 0.25) is 5.95 Å². The van der Waals surface area contributed by atoms with Crippen LogP contribution in [0.25, 0.3) is 0 Å². The lowest BCUT2D eigenvalue weighted by molar-refractivity contribution is 0.0942. The molecule has 0 spiro atoms. The average Bonchev–Trinajstić information content (AvgIpc) is 2.70. The minimum atomic E-state index is -0.307. The molecular formula is C21H23N5O. The van der Waals surface area contributed by atoms with Gasteiger partial charge in [-0.15, -0.1) is 0 Å². The number of carbonyl (C=O) groups is 1. The van der Waals surface area contributed by atoms with Crippen molar-refractivity contribution in [3.63, 3.8) is 0 Å². The number of aromatic nitrogens is 3. The molecule has 0 fully saturated rings. The van der Waals surface area contributed by atoms with Gasteiger partial charge in [0.05, 0.1) is 11.6 Å². The Balaban J connectivity index is 1.89. The SMILES string of the molecule is CCNc1ncc(C(=O)N[C@@H](c2cccnc2)c2ccc(C)c(C)c2)cn1. The summed E-state index contributed by atoms with van der Waals surface area (Å²) in [6.45, 7) is 6.82. The Labute approximate surface area is 159 Å². The highest BCUT2D eigenvalue weighted by molar-refractivity contribution is 5.94. The summed E-state index contributed by atoms with van der Waals surface area (Å²) >= 11 is 0. The van der Waals surface area contributed by atoms with E-state index in [1.807, 2.05) is 25.1 Å². The molecule has 0 radical (unpaired) electrons. The second kappa shape index (κ2) is 8.40. The molecule has 27 heavy (non-hydrogen) atoms. The molecule has 3 aromatic rings. The van der Waals surface area contributed by atoms with Crippen LogP contribution in [0.15, 0.2) is 55.1 Å². The van der Waals surface area contributed by atoms with Crippen LogP contribution in [0.2, 0.25) is 0 Å². The number of benzene rings is 1. The van der Waals surface area contributed by atoms with Crippen LogP contribution in [0, 0.1) is 13.8 Å². The zero-order valence-corrected chi connectivity index (χ0v) is 15.7. The minimum Gasteiger partial charge on any atom is -0.355 e. The lowest BCUT2D eigenvalue weighted by atomic mass is 9.96. The van der Waals surface area contributed by atoms with Gasteiger partial charge < -0.3 is 10.6 Å². The zero-order chi connectivity index (χ0) is 19.2. The van der Waals surface area contributed by atoms with Crippen LogP contribution in [0.1, 0.15) is 45.6 Å². The van der Waals surface area contributed by atoms with Crippen molar-refractivity contribution in [1.82, 2.24) is 20.3 Å². The smallest absolute Gasteiger partial charge is 0.255 e. The van der Waals surface area contributed by atoms with Gasteiger partial charge in [-0.3, -0.25) is 9.78 Å². The largest absolute Gasteiger partial charge is 0.355 e. The number of rotatable bonds is 6. The number of nitrogens with one attached hydrogen (secondary N) is 2. The lowest BCUT2D eigenvalue weighted by Crippen LogP contribution is -2.29. The zero-order valence-electron chi connectivity index (χ0n) is 15.7. The maximum atomic E-state index is 12.8. The van der Waals surface area contributed by atoms with Crippen molar-refractivity contribution in [3.05, 3.63) is 82.9 Å². The predicted octanol–water partition coefficient (Wildman–Crippen LogP) is 3.44. The Morgan fingerprint density at radius 3 is 2.44 bits per heavy atom. The van der Waals surface area contributed by atoms with Gasteiger partial charge in [0, 0.05) is 31.3 Å².